The van der Waals surface area contributed by atoms with Crippen molar-refractivity contribution in [2.45, 2.75) is 12.4 Å². The average molecular weight is 250 g/mol. The summed E-state index contributed by atoms with van der Waals surface area (Å²) >= 11 is 1.43. The maximum Gasteiger partial charge on any atom is 0.218 e. The van der Waals surface area contributed by atoms with Crippen LogP contribution >= 0.6 is 11.3 Å². The Balaban J connectivity index is 1.63. The topological polar surface area (TPSA) is 52.6 Å². The molecule has 2 bridgehead atoms. The molecule has 2 saturated heterocycles. The van der Waals surface area contributed by atoms with E-state index >= 15 is 0 Å². The number of thiophene rings is 1. The van der Waals surface area contributed by atoms with E-state index in [1.165, 1.54) is 11.3 Å². The molecule has 3 aliphatic rings. The maximum absolute atomic E-state index is 12.2. The van der Waals surface area contributed by atoms with Crippen LogP contribution in [0, 0.1) is 17.8 Å². The van der Waals surface area contributed by atoms with Gasteiger partial charge in [-0.05, 0) is 11.4 Å². The highest BCUT2D eigenvalue weighted by Crippen LogP contribution is 2.57. The minimum atomic E-state index is -0.706. The van der Waals surface area contributed by atoms with Gasteiger partial charge in [-0.1, -0.05) is 6.07 Å². The second-order valence-corrected chi connectivity index (χ2v) is 5.66. The van der Waals surface area contributed by atoms with Gasteiger partial charge in [0.05, 0.1) is 17.6 Å². The third-order valence-electron chi connectivity index (χ3n) is 3.84. The molecular weight excluding hydrogens is 240 g/mol. The van der Waals surface area contributed by atoms with Crippen LogP contribution < -0.4 is 0 Å². The summed E-state index contributed by atoms with van der Waals surface area (Å²) in [6, 6.07) is 3.68. The first-order valence-electron chi connectivity index (χ1n) is 5.66. The highest BCUT2D eigenvalue weighted by molar-refractivity contribution is 7.12. The summed E-state index contributed by atoms with van der Waals surface area (Å²) in [6.07, 6.45) is -0.765. The van der Waals surface area contributed by atoms with Gasteiger partial charge < -0.3 is 9.47 Å². The Labute approximate surface area is 102 Å². The smallest absolute Gasteiger partial charge is 0.218 e. The fraction of sp³-hybridized carbons (Fsp3) is 0.500. The van der Waals surface area contributed by atoms with Crippen molar-refractivity contribution in [2.75, 3.05) is 6.61 Å². The fourth-order valence-electron chi connectivity index (χ4n) is 3.01. The first-order valence-corrected chi connectivity index (χ1v) is 6.54. The van der Waals surface area contributed by atoms with Gasteiger partial charge in [-0.25, -0.2) is 0 Å². The molecule has 4 nitrogen and oxygen atoms in total. The van der Waals surface area contributed by atoms with E-state index in [-0.39, 0.29) is 35.4 Å². The molecule has 4 rings (SSSR count). The van der Waals surface area contributed by atoms with Crippen LogP contribution in [0.4, 0.5) is 0 Å². The average Bonchev–Trinajstić information content (AvgIpc) is 2.77. The lowest BCUT2D eigenvalue weighted by Gasteiger charge is -2.14. The van der Waals surface area contributed by atoms with Crippen molar-refractivity contribution in [3.8, 4) is 0 Å². The molecular formula is C12H10O4S. The maximum atomic E-state index is 12.2. The van der Waals surface area contributed by atoms with Crippen LogP contribution in [0.25, 0.3) is 0 Å². The predicted octanol–water partition coefficient (Wildman–Crippen LogP) is 1.12. The van der Waals surface area contributed by atoms with Gasteiger partial charge in [0.2, 0.25) is 6.29 Å². The lowest BCUT2D eigenvalue weighted by molar-refractivity contribution is -0.153. The highest BCUT2D eigenvalue weighted by Gasteiger charge is 2.68. The summed E-state index contributed by atoms with van der Waals surface area (Å²) < 4.78 is 10.7. The zero-order valence-electron chi connectivity index (χ0n) is 8.87. The lowest BCUT2D eigenvalue weighted by atomic mass is 10.1. The molecule has 0 radical (unpaired) electrons. The molecule has 5 heteroatoms. The number of ether oxygens (including phenoxy) is 2. The molecule has 0 spiro atoms. The van der Waals surface area contributed by atoms with Crippen LogP contribution in [0.2, 0.25) is 0 Å². The van der Waals surface area contributed by atoms with Crippen molar-refractivity contribution in [1.82, 2.24) is 0 Å². The molecule has 1 saturated carbocycles. The van der Waals surface area contributed by atoms with Crippen LogP contribution in [0.1, 0.15) is 9.67 Å². The molecule has 0 aromatic carbocycles. The van der Waals surface area contributed by atoms with Crippen LogP contribution in [-0.4, -0.2) is 30.6 Å². The minimum absolute atomic E-state index is 0.0429. The molecule has 88 valence electrons. The quantitative estimate of drug-likeness (QED) is 0.738. The molecule has 17 heavy (non-hydrogen) atoms. The number of carbonyl (C=O) groups excluding carboxylic acids is 2. The summed E-state index contributed by atoms with van der Waals surface area (Å²) in [6.45, 7) is 0.450. The van der Waals surface area contributed by atoms with Gasteiger partial charge in [0, 0.05) is 17.8 Å². The van der Waals surface area contributed by atoms with E-state index in [1.54, 1.807) is 0 Å². The van der Waals surface area contributed by atoms with Gasteiger partial charge >= 0.3 is 0 Å². The Bertz CT molecular complexity index is 495. The molecule has 1 aliphatic carbocycles. The third-order valence-corrected chi connectivity index (χ3v) is 4.73. The van der Waals surface area contributed by atoms with E-state index in [4.69, 9.17) is 9.47 Å². The number of hydrogen-bond acceptors (Lipinski definition) is 5. The van der Waals surface area contributed by atoms with Crippen LogP contribution in [-0.2, 0) is 14.3 Å². The number of carbonyl (C=O) groups is 2. The SMILES string of the molecule is O=C(c1cccs1)[C@@H]1[C@H]2C(=O)[C@@H]3OC[C@H](O3)[C@@H]12. The van der Waals surface area contributed by atoms with Crippen molar-refractivity contribution in [3.63, 3.8) is 0 Å². The number of rotatable bonds is 2. The van der Waals surface area contributed by atoms with Crippen molar-refractivity contribution in [1.29, 1.82) is 0 Å². The molecule has 0 unspecified atom stereocenters. The lowest BCUT2D eigenvalue weighted by Crippen LogP contribution is -2.30. The van der Waals surface area contributed by atoms with Gasteiger partial charge in [-0.3, -0.25) is 9.59 Å². The van der Waals surface area contributed by atoms with Crippen molar-refractivity contribution >= 4 is 22.9 Å². The summed E-state index contributed by atoms with van der Waals surface area (Å²) in [5.41, 5.74) is 0. The van der Waals surface area contributed by atoms with E-state index in [0.717, 1.165) is 4.88 Å². The molecule has 0 N–H and O–H groups in total. The Hall–Kier alpha value is -1.04. The summed E-state index contributed by atoms with van der Waals surface area (Å²) in [4.78, 5) is 24.9. The van der Waals surface area contributed by atoms with Gasteiger partial charge in [0.1, 0.15) is 0 Å². The summed E-state index contributed by atoms with van der Waals surface area (Å²) in [5, 5.41) is 1.88. The number of fused-ring (bicyclic) bond motifs is 4. The molecule has 5 atom stereocenters. The van der Waals surface area contributed by atoms with Crippen molar-refractivity contribution < 1.29 is 19.1 Å². The highest BCUT2D eigenvalue weighted by atomic mass is 32.1. The molecule has 1 aromatic heterocycles. The Kier molecular flexibility index (Phi) is 1.90. The second-order valence-electron chi connectivity index (χ2n) is 4.71. The Morgan fingerprint density at radius 1 is 1.47 bits per heavy atom. The van der Waals surface area contributed by atoms with Gasteiger partial charge in [-0.2, -0.15) is 0 Å². The van der Waals surface area contributed by atoms with E-state index in [2.05, 4.69) is 0 Å². The van der Waals surface area contributed by atoms with E-state index in [1.807, 2.05) is 17.5 Å². The number of ketones is 2. The molecule has 0 amide bonds. The molecule has 1 aromatic rings. The molecule has 3 fully saturated rings. The van der Waals surface area contributed by atoms with Crippen molar-refractivity contribution in [3.05, 3.63) is 22.4 Å². The summed E-state index contributed by atoms with van der Waals surface area (Å²) in [7, 11) is 0. The van der Waals surface area contributed by atoms with Gasteiger partial charge in [0.25, 0.3) is 0 Å². The Morgan fingerprint density at radius 3 is 3.12 bits per heavy atom. The zero-order chi connectivity index (χ0) is 11.6. The van der Waals surface area contributed by atoms with E-state index in [0.29, 0.717) is 6.61 Å². The monoisotopic (exact) mass is 250 g/mol. The van der Waals surface area contributed by atoms with Gasteiger partial charge in [0.15, 0.2) is 11.6 Å². The van der Waals surface area contributed by atoms with Crippen LogP contribution in [0.5, 0.6) is 0 Å². The predicted molar refractivity (Wildman–Crippen MR) is 58.7 cm³/mol. The number of Topliss-reactive ketones (excluding diaryl/α,β-unsaturated/α-hetero) is 2. The standard InChI is InChI=1S/C12H10O4S/c13-10(6-2-1-3-17-6)8-7-5-4-15-12(16-5)11(14)9(7)8/h1-3,5,7-9,12H,4H2/t5-,7-,8-,9-,12+/m0/s1. The Morgan fingerprint density at radius 2 is 2.35 bits per heavy atom. The second kappa shape index (κ2) is 3.25. The summed E-state index contributed by atoms with van der Waals surface area (Å²) in [5.74, 6) is -0.218. The fourth-order valence-corrected chi connectivity index (χ4v) is 3.73. The van der Waals surface area contributed by atoms with Crippen molar-refractivity contribution in [2.24, 2.45) is 17.8 Å². The van der Waals surface area contributed by atoms with Gasteiger partial charge in [-0.15, -0.1) is 11.3 Å². The first kappa shape index (κ1) is 9.94. The van der Waals surface area contributed by atoms with E-state index < -0.39 is 6.29 Å². The first-order chi connectivity index (χ1) is 8.27. The van der Waals surface area contributed by atoms with E-state index in [9.17, 15) is 9.59 Å². The minimum Gasteiger partial charge on any atom is -0.343 e. The molecule has 2 aliphatic heterocycles. The zero-order valence-corrected chi connectivity index (χ0v) is 9.68. The van der Waals surface area contributed by atoms with Crippen LogP contribution in [0.15, 0.2) is 17.5 Å². The van der Waals surface area contributed by atoms with Crippen LogP contribution in [0.3, 0.4) is 0 Å². The normalized spacial score (nSPS) is 42.4. The largest absolute Gasteiger partial charge is 0.343 e. The number of hydrogen-bond donors (Lipinski definition) is 0. The molecule has 3 heterocycles. The third kappa shape index (κ3) is 1.24.